The van der Waals surface area contributed by atoms with Crippen LogP contribution >= 0.6 is 23.2 Å². The molecule has 0 bridgehead atoms. The number of carbonyl (C=O) groups excluding carboxylic acids is 2. The first-order valence-electron chi connectivity index (χ1n) is 12.3. The highest BCUT2D eigenvalue weighted by molar-refractivity contribution is 7.92. The van der Waals surface area contributed by atoms with Gasteiger partial charge in [0.15, 0.2) is 0 Å². The number of nitrogens with one attached hydrogen (secondary N) is 1. The van der Waals surface area contributed by atoms with Crippen LogP contribution in [-0.2, 0) is 26.2 Å². The number of aryl methyl sites for hydroxylation is 1. The van der Waals surface area contributed by atoms with Gasteiger partial charge in [0, 0.05) is 23.1 Å². The van der Waals surface area contributed by atoms with Crippen molar-refractivity contribution in [2.45, 2.75) is 44.7 Å². The Labute approximate surface area is 238 Å². The number of hydrogen-bond donors (Lipinski definition) is 1. The lowest BCUT2D eigenvalue weighted by atomic mass is 10.1. The smallest absolute Gasteiger partial charge is 0.264 e. The summed E-state index contributed by atoms with van der Waals surface area (Å²) in [6, 6.07) is 15.0. The van der Waals surface area contributed by atoms with Gasteiger partial charge in [-0.05, 0) is 68.3 Å². The minimum absolute atomic E-state index is 0.0316. The number of benzene rings is 3. The van der Waals surface area contributed by atoms with Crippen molar-refractivity contribution in [1.82, 2.24) is 10.2 Å². The van der Waals surface area contributed by atoms with E-state index in [0.29, 0.717) is 18.5 Å². The zero-order valence-corrected chi connectivity index (χ0v) is 24.2. The number of hydrogen-bond acceptors (Lipinski definition) is 4. The molecule has 3 rings (SSSR count). The summed E-state index contributed by atoms with van der Waals surface area (Å²) in [7, 11) is -4.25. The standard InChI is InChI=1S/C28H30Cl2FN3O4S/c1-4-13-32-28(36)20(3)33(17-21-7-9-24(31)10-8-21)27(35)18-34(25-15-22(29)14-23(30)16-25)39(37,38)26-11-5-19(2)6-12-26/h5-12,14-16,20H,4,13,17-18H2,1-3H3,(H,32,36). The Bertz CT molecular complexity index is 1400. The fourth-order valence-electron chi connectivity index (χ4n) is 3.81. The predicted octanol–water partition coefficient (Wildman–Crippen LogP) is 5.58. The van der Waals surface area contributed by atoms with Crippen LogP contribution in [0.4, 0.5) is 10.1 Å². The van der Waals surface area contributed by atoms with Crippen molar-refractivity contribution in [2.24, 2.45) is 0 Å². The highest BCUT2D eigenvalue weighted by Gasteiger charge is 2.32. The van der Waals surface area contributed by atoms with E-state index in [4.69, 9.17) is 23.2 Å². The summed E-state index contributed by atoms with van der Waals surface area (Å²) in [4.78, 5) is 27.9. The van der Waals surface area contributed by atoms with Gasteiger partial charge in [-0.1, -0.05) is 60.0 Å². The minimum atomic E-state index is -4.25. The molecule has 11 heteroatoms. The molecule has 1 atom stereocenters. The van der Waals surface area contributed by atoms with E-state index in [1.165, 1.54) is 59.5 Å². The first-order valence-corrected chi connectivity index (χ1v) is 14.5. The molecule has 208 valence electrons. The van der Waals surface area contributed by atoms with E-state index >= 15 is 0 Å². The van der Waals surface area contributed by atoms with E-state index in [0.717, 1.165) is 9.87 Å². The van der Waals surface area contributed by atoms with Crippen molar-refractivity contribution in [1.29, 1.82) is 0 Å². The molecule has 0 aliphatic carbocycles. The number of carbonyl (C=O) groups is 2. The van der Waals surface area contributed by atoms with Crippen molar-refractivity contribution >= 4 is 50.7 Å². The van der Waals surface area contributed by atoms with Crippen LogP contribution in [0, 0.1) is 12.7 Å². The Hall–Kier alpha value is -3.14. The molecule has 1 N–H and O–H groups in total. The fourth-order valence-corrected chi connectivity index (χ4v) is 5.73. The lowest BCUT2D eigenvalue weighted by Crippen LogP contribution is -2.51. The van der Waals surface area contributed by atoms with Crippen molar-refractivity contribution < 1.29 is 22.4 Å². The molecule has 0 saturated carbocycles. The van der Waals surface area contributed by atoms with Gasteiger partial charge in [-0.2, -0.15) is 0 Å². The first-order chi connectivity index (χ1) is 18.4. The lowest BCUT2D eigenvalue weighted by molar-refractivity contribution is -0.139. The molecule has 0 aliphatic heterocycles. The van der Waals surface area contributed by atoms with Crippen LogP contribution < -0.4 is 9.62 Å². The van der Waals surface area contributed by atoms with Gasteiger partial charge in [-0.3, -0.25) is 13.9 Å². The molecule has 2 amide bonds. The Morgan fingerprint density at radius 3 is 2.13 bits per heavy atom. The maximum Gasteiger partial charge on any atom is 0.264 e. The third-order valence-corrected chi connectivity index (χ3v) is 8.23. The highest BCUT2D eigenvalue weighted by atomic mass is 35.5. The molecule has 0 heterocycles. The van der Waals surface area contributed by atoms with Gasteiger partial charge in [-0.25, -0.2) is 12.8 Å². The zero-order chi connectivity index (χ0) is 28.7. The maximum atomic E-state index is 13.8. The van der Waals surface area contributed by atoms with E-state index in [2.05, 4.69) is 5.32 Å². The average Bonchev–Trinajstić information content (AvgIpc) is 2.89. The summed E-state index contributed by atoms with van der Waals surface area (Å²) in [6.45, 7) is 5.01. The molecule has 0 spiro atoms. The summed E-state index contributed by atoms with van der Waals surface area (Å²) < 4.78 is 42.1. The molecule has 0 radical (unpaired) electrons. The summed E-state index contributed by atoms with van der Waals surface area (Å²) in [5.41, 5.74) is 1.52. The zero-order valence-electron chi connectivity index (χ0n) is 21.8. The molecule has 0 fully saturated rings. The number of amides is 2. The van der Waals surface area contributed by atoms with Gasteiger partial charge in [-0.15, -0.1) is 0 Å². The number of anilines is 1. The van der Waals surface area contributed by atoms with Gasteiger partial charge >= 0.3 is 0 Å². The lowest BCUT2D eigenvalue weighted by Gasteiger charge is -2.32. The van der Waals surface area contributed by atoms with Gasteiger partial charge < -0.3 is 10.2 Å². The van der Waals surface area contributed by atoms with E-state index in [1.54, 1.807) is 19.1 Å². The van der Waals surface area contributed by atoms with Crippen LogP contribution in [-0.4, -0.2) is 44.3 Å². The van der Waals surface area contributed by atoms with Crippen molar-refractivity contribution in [3.8, 4) is 0 Å². The Morgan fingerprint density at radius 1 is 0.974 bits per heavy atom. The minimum Gasteiger partial charge on any atom is -0.354 e. The monoisotopic (exact) mass is 593 g/mol. The van der Waals surface area contributed by atoms with Crippen molar-refractivity contribution in [3.63, 3.8) is 0 Å². The summed E-state index contributed by atoms with van der Waals surface area (Å²) in [6.07, 6.45) is 0.697. The molecule has 0 saturated heterocycles. The van der Waals surface area contributed by atoms with Crippen molar-refractivity contribution in [2.75, 3.05) is 17.4 Å². The molecule has 0 aromatic heterocycles. The van der Waals surface area contributed by atoms with E-state index in [1.807, 2.05) is 13.8 Å². The van der Waals surface area contributed by atoms with Gasteiger partial charge in [0.25, 0.3) is 10.0 Å². The summed E-state index contributed by atoms with van der Waals surface area (Å²) >= 11 is 12.4. The largest absolute Gasteiger partial charge is 0.354 e. The number of rotatable bonds is 11. The van der Waals surface area contributed by atoms with Gasteiger partial charge in [0.2, 0.25) is 11.8 Å². The summed E-state index contributed by atoms with van der Waals surface area (Å²) in [5.74, 6) is -1.49. The molecule has 3 aromatic carbocycles. The number of halogens is 3. The SMILES string of the molecule is CCCNC(=O)C(C)N(Cc1ccc(F)cc1)C(=O)CN(c1cc(Cl)cc(Cl)c1)S(=O)(=O)c1ccc(C)cc1. The number of sulfonamides is 1. The quantitative estimate of drug-likeness (QED) is 0.314. The maximum absolute atomic E-state index is 13.8. The molecular weight excluding hydrogens is 564 g/mol. The second-order valence-corrected chi connectivity index (χ2v) is 11.8. The molecule has 7 nitrogen and oxygen atoms in total. The van der Waals surface area contributed by atoms with Gasteiger partial charge in [0.05, 0.1) is 10.6 Å². The Balaban J connectivity index is 2.04. The van der Waals surface area contributed by atoms with E-state index in [9.17, 15) is 22.4 Å². The second kappa shape index (κ2) is 13.3. The number of nitrogens with zero attached hydrogens (tertiary/aromatic N) is 2. The molecule has 0 aliphatic rings. The highest BCUT2D eigenvalue weighted by Crippen LogP contribution is 2.30. The molecule has 1 unspecified atom stereocenters. The molecular formula is C28H30Cl2FN3O4S. The molecule has 39 heavy (non-hydrogen) atoms. The topological polar surface area (TPSA) is 86.8 Å². The van der Waals surface area contributed by atoms with Crippen LogP contribution in [0.3, 0.4) is 0 Å². The van der Waals surface area contributed by atoms with Gasteiger partial charge in [0.1, 0.15) is 18.4 Å². The third kappa shape index (κ3) is 7.94. The first kappa shape index (κ1) is 30.4. The van der Waals surface area contributed by atoms with E-state index in [-0.39, 0.29) is 27.2 Å². The van der Waals surface area contributed by atoms with Crippen LogP contribution in [0.1, 0.15) is 31.4 Å². The fraction of sp³-hybridized carbons (Fsp3) is 0.286. The predicted molar refractivity (Wildman–Crippen MR) is 152 cm³/mol. The van der Waals surface area contributed by atoms with Crippen LogP contribution in [0.5, 0.6) is 0 Å². The third-order valence-electron chi connectivity index (χ3n) is 6.01. The van der Waals surface area contributed by atoms with Crippen molar-refractivity contribution in [3.05, 3.63) is 93.7 Å². The average molecular weight is 595 g/mol. The van der Waals surface area contributed by atoms with Crippen LogP contribution in [0.25, 0.3) is 0 Å². The molecule has 3 aromatic rings. The normalized spacial score (nSPS) is 12.1. The van der Waals surface area contributed by atoms with E-state index < -0.39 is 40.2 Å². The van der Waals surface area contributed by atoms with Crippen LogP contribution in [0.15, 0.2) is 71.6 Å². The Morgan fingerprint density at radius 2 is 1.56 bits per heavy atom. The summed E-state index contributed by atoms with van der Waals surface area (Å²) in [5, 5.41) is 3.13. The van der Waals surface area contributed by atoms with Crippen LogP contribution in [0.2, 0.25) is 10.0 Å². The second-order valence-electron chi connectivity index (χ2n) is 9.07. The Kier molecular flexibility index (Phi) is 10.4.